The summed E-state index contributed by atoms with van der Waals surface area (Å²) < 4.78 is 8.10. The Morgan fingerprint density at radius 1 is 1.23 bits per heavy atom. The van der Waals surface area contributed by atoms with Crippen LogP contribution in [0.25, 0.3) is 10.9 Å². The number of aryl methyl sites for hydroxylation is 1. The summed E-state index contributed by atoms with van der Waals surface area (Å²) >= 11 is 8.08. The molecule has 2 N–H and O–H groups in total. The zero-order valence-electron chi connectivity index (χ0n) is 16.1. The van der Waals surface area contributed by atoms with Gasteiger partial charge < -0.3 is 14.6 Å². The van der Waals surface area contributed by atoms with Gasteiger partial charge in [-0.15, -0.1) is 10.2 Å². The standard InChI is InChI=1S/C20H20ClN7OS/c21-17-12-9-22-25-13(12)5-6-14(17)24-20-27-26-19(30-20)11-3-1-7-28-10-15(23-18(11)28)16-4-2-8-29-16/h5-6,9-11,16H,1-4,7-8H2,(H,22,25)(H,24,27). The Morgan fingerprint density at radius 2 is 2.20 bits per heavy atom. The molecule has 2 aliphatic rings. The van der Waals surface area contributed by atoms with Crippen LogP contribution in [-0.2, 0) is 11.3 Å². The summed E-state index contributed by atoms with van der Waals surface area (Å²) in [6.07, 6.45) is 8.31. The van der Waals surface area contributed by atoms with E-state index in [2.05, 4.69) is 36.5 Å². The molecular formula is C20H20ClN7OS. The fraction of sp³-hybridized carbons (Fsp3) is 0.400. The topological polar surface area (TPSA) is 93.5 Å². The van der Waals surface area contributed by atoms with Crippen LogP contribution >= 0.6 is 22.9 Å². The number of fused-ring (bicyclic) bond motifs is 2. The fourth-order valence-corrected chi connectivity index (χ4v) is 5.47. The van der Waals surface area contributed by atoms with Crippen LogP contribution in [0.5, 0.6) is 0 Å². The number of imidazole rings is 1. The number of anilines is 2. The molecule has 1 aromatic carbocycles. The Labute approximate surface area is 181 Å². The van der Waals surface area contributed by atoms with E-state index in [0.29, 0.717) is 5.02 Å². The molecule has 0 amide bonds. The molecule has 1 fully saturated rings. The molecule has 5 heterocycles. The predicted octanol–water partition coefficient (Wildman–Crippen LogP) is 4.79. The van der Waals surface area contributed by atoms with Crippen LogP contribution in [0.15, 0.2) is 24.5 Å². The van der Waals surface area contributed by atoms with Crippen molar-refractivity contribution in [1.82, 2.24) is 29.9 Å². The van der Waals surface area contributed by atoms with E-state index in [1.165, 1.54) is 0 Å². The van der Waals surface area contributed by atoms with Crippen molar-refractivity contribution in [2.75, 3.05) is 11.9 Å². The largest absolute Gasteiger partial charge is 0.372 e. The third-order valence-corrected chi connectivity index (χ3v) is 7.19. The van der Waals surface area contributed by atoms with Crippen molar-refractivity contribution < 1.29 is 4.74 Å². The average molecular weight is 442 g/mol. The highest BCUT2D eigenvalue weighted by molar-refractivity contribution is 7.15. The van der Waals surface area contributed by atoms with Crippen LogP contribution in [0.2, 0.25) is 5.02 Å². The minimum Gasteiger partial charge on any atom is -0.372 e. The third kappa shape index (κ3) is 3.08. The molecule has 154 valence electrons. The first-order chi connectivity index (χ1) is 14.8. The minimum absolute atomic E-state index is 0.135. The van der Waals surface area contributed by atoms with Gasteiger partial charge in [0.1, 0.15) is 16.9 Å². The van der Waals surface area contributed by atoms with E-state index in [1.54, 1.807) is 17.5 Å². The number of hydrogen-bond acceptors (Lipinski definition) is 7. The van der Waals surface area contributed by atoms with E-state index in [-0.39, 0.29) is 12.0 Å². The molecule has 8 nitrogen and oxygen atoms in total. The van der Waals surface area contributed by atoms with E-state index < -0.39 is 0 Å². The van der Waals surface area contributed by atoms with E-state index >= 15 is 0 Å². The molecule has 0 saturated carbocycles. The molecule has 1 saturated heterocycles. The van der Waals surface area contributed by atoms with Gasteiger partial charge >= 0.3 is 0 Å². The summed E-state index contributed by atoms with van der Waals surface area (Å²) in [5, 5.41) is 22.3. The maximum atomic E-state index is 6.53. The highest BCUT2D eigenvalue weighted by atomic mass is 35.5. The summed E-state index contributed by atoms with van der Waals surface area (Å²) in [4.78, 5) is 4.95. The Bertz CT molecular complexity index is 1210. The SMILES string of the molecule is Clc1c(Nc2nnc(C3CCCn4cc(C5CCCO5)nc43)s2)ccc2[nH]ncc12. The Hall–Kier alpha value is -2.49. The zero-order chi connectivity index (χ0) is 20.1. The van der Waals surface area contributed by atoms with Crippen molar-refractivity contribution in [2.45, 2.75) is 44.2 Å². The molecule has 0 bridgehead atoms. The molecule has 2 atom stereocenters. The van der Waals surface area contributed by atoms with E-state index in [4.69, 9.17) is 21.3 Å². The minimum atomic E-state index is 0.135. The number of nitrogens with one attached hydrogen (secondary N) is 2. The number of halogens is 1. The smallest absolute Gasteiger partial charge is 0.210 e. The zero-order valence-corrected chi connectivity index (χ0v) is 17.7. The van der Waals surface area contributed by atoms with E-state index in [1.807, 2.05) is 12.1 Å². The Kier molecular flexibility index (Phi) is 4.47. The normalized spacial score (nSPS) is 21.2. The van der Waals surface area contributed by atoms with Crippen LogP contribution in [0.4, 0.5) is 10.8 Å². The average Bonchev–Trinajstić information content (AvgIpc) is 3.54. The summed E-state index contributed by atoms with van der Waals surface area (Å²) in [6.45, 7) is 1.82. The summed E-state index contributed by atoms with van der Waals surface area (Å²) in [7, 11) is 0. The lowest BCUT2D eigenvalue weighted by atomic mass is 10.00. The first-order valence-corrected chi connectivity index (χ1v) is 11.4. The quantitative estimate of drug-likeness (QED) is 0.473. The number of rotatable bonds is 4. The number of H-pyrrole nitrogens is 1. The molecule has 2 aliphatic heterocycles. The Balaban J connectivity index is 1.27. The van der Waals surface area contributed by atoms with E-state index in [0.717, 1.165) is 77.1 Å². The summed E-state index contributed by atoms with van der Waals surface area (Å²) in [5.74, 6) is 1.24. The van der Waals surface area contributed by atoms with Crippen molar-refractivity contribution in [3.05, 3.63) is 46.1 Å². The Morgan fingerprint density at radius 3 is 3.10 bits per heavy atom. The molecule has 2 unspecified atom stereocenters. The summed E-state index contributed by atoms with van der Waals surface area (Å²) in [6, 6.07) is 3.87. The molecule has 0 aliphatic carbocycles. The number of aromatic amines is 1. The second kappa shape index (κ2) is 7.33. The van der Waals surface area contributed by atoms with Gasteiger partial charge in [-0.3, -0.25) is 5.10 Å². The second-order valence-corrected chi connectivity index (χ2v) is 9.13. The van der Waals surface area contributed by atoms with Crippen molar-refractivity contribution >= 4 is 44.7 Å². The van der Waals surface area contributed by atoms with Crippen LogP contribution in [-0.4, -0.2) is 36.6 Å². The van der Waals surface area contributed by atoms with Crippen LogP contribution in [0, 0.1) is 0 Å². The molecule has 3 aromatic heterocycles. The van der Waals surface area contributed by atoms with Crippen LogP contribution in [0.3, 0.4) is 0 Å². The van der Waals surface area contributed by atoms with Crippen molar-refractivity contribution in [1.29, 1.82) is 0 Å². The van der Waals surface area contributed by atoms with Crippen molar-refractivity contribution in [3.8, 4) is 0 Å². The predicted molar refractivity (Wildman–Crippen MR) is 116 cm³/mol. The van der Waals surface area contributed by atoms with Gasteiger partial charge in [0.25, 0.3) is 0 Å². The molecule has 0 radical (unpaired) electrons. The summed E-state index contributed by atoms with van der Waals surface area (Å²) in [5.41, 5.74) is 2.75. The van der Waals surface area contributed by atoms with Crippen LogP contribution < -0.4 is 5.32 Å². The maximum absolute atomic E-state index is 6.53. The number of nitrogens with zero attached hydrogens (tertiary/aromatic N) is 5. The van der Waals surface area contributed by atoms with Gasteiger partial charge in [0.2, 0.25) is 5.13 Å². The second-order valence-electron chi connectivity index (χ2n) is 7.74. The molecule has 0 spiro atoms. The molecule has 4 aromatic rings. The lowest BCUT2D eigenvalue weighted by Crippen LogP contribution is -2.16. The molecule has 30 heavy (non-hydrogen) atoms. The lowest BCUT2D eigenvalue weighted by molar-refractivity contribution is 0.109. The monoisotopic (exact) mass is 441 g/mol. The number of aromatic nitrogens is 6. The van der Waals surface area contributed by atoms with Crippen molar-refractivity contribution in [2.24, 2.45) is 0 Å². The molecule has 6 rings (SSSR count). The first-order valence-electron chi connectivity index (χ1n) is 10.2. The van der Waals surface area contributed by atoms with Crippen LogP contribution in [0.1, 0.15) is 54.2 Å². The molecule has 10 heteroatoms. The highest BCUT2D eigenvalue weighted by Crippen LogP contribution is 2.39. The van der Waals surface area contributed by atoms with Crippen molar-refractivity contribution in [3.63, 3.8) is 0 Å². The number of benzene rings is 1. The van der Waals surface area contributed by atoms with Gasteiger partial charge in [-0.05, 0) is 37.8 Å². The van der Waals surface area contributed by atoms with Gasteiger partial charge in [-0.25, -0.2) is 4.98 Å². The highest BCUT2D eigenvalue weighted by Gasteiger charge is 2.30. The van der Waals surface area contributed by atoms with Gasteiger partial charge in [0, 0.05) is 24.7 Å². The first kappa shape index (κ1) is 18.3. The van der Waals surface area contributed by atoms with Gasteiger partial charge in [-0.2, -0.15) is 5.10 Å². The lowest BCUT2D eigenvalue weighted by Gasteiger charge is -2.20. The maximum Gasteiger partial charge on any atom is 0.210 e. The van der Waals surface area contributed by atoms with Gasteiger partial charge in [-0.1, -0.05) is 22.9 Å². The molecular weight excluding hydrogens is 422 g/mol. The van der Waals surface area contributed by atoms with Gasteiger partial charge in [0.05, 0.1) is 34.0 Å². The fourth-order valence-electron chi connectivity index (χ4n) is 4.32. The van der Waals surface area contributed by atoms with Gasteiger partial charge in [0.15, 0.2) is 0 Å². The number of hydrogen-bond donors (Lipinski definition) is 2. The third-order valence-electron chi connectivity index (χ3n) is 5.83. The van der Waals surface area contributed by atoms with E-state index in [9.17, 15) is 0 Å². The number of ether oxygens (including phenoxy) is 1.